The van der Waals surface area contributed by atoms with Gasteiger partial charge in [-0.15, -0.1) is 6.42 Å². The number of rotatable bonds is 8. The molecule has 5 nitrogen and oxygen atoms in total. The summed E-state index contributed by atoms with van der Waals surface area (Å²) in [5.41, 5.74) is 0. The predicted molar refractivity (Wildman–Crippen MR) is 82.5 cm³/mol. The van der Waals surface area contributed by atoms with Crippen LogP contribution in [0, 0.1) is 18.3 Å². The summed E-state index contributed by atoms with van der Waals surface area (Å²) in [5, 5.41) is 3.30. The Labute approximate surface area is 123 Å². The fourth-order valence-electron chi connectivity index (χ4n) is 2.54. The van der Waals surface area contributed by atoms with Crippen LogP contribution in [-0.2, 0) is 10.2 Å². The molecule has 0 aromatic carbocycles. The Kier molecular flexibility index (Phi) is 7.52. The molecule has 0 saturated carbocycles. The van der Waals surface area contributed by atoms with Crippen molar-refractivity contribution in [2.24, 2.45) is 5.92 Å². The smallest absolute Gasteiger partial charge is 0.282 e. The Bertz CT molecular complexity index is 417. The lowest BCUT2D eigenvalue weighted by atomic mass is 10.00. The topological polar surface area (TPSA) is 52.7 Å². The molecule has 6 heteroatoms. The molecule has 0 bridgehead atoms. The van der Waals surface area contributed by atoms with Crippen molar-refractivity contribution in [2.45, 2.75) is 33.1 Å². The molecule has 1 atom stereocenters. The summed E-state index contributed by atoms with van der Waals surface area (Å²) in [4.78, 5) is 0. The van der Waals surface area contributed by atoms with E-state index in [0.29, 0.717) is 25.6 Å². The van der Waals surface area contributed by atoms with Gasteiger partial charge in [-0.05, 0) is 38.3 Å². The quantitative estimate of drug-likeness (QED) is 0.678. The minimum atomic E-state index is -3.41. The van der Waals surface area contributed by atoms with E-state index in [0.717, 1.165) is 32.4 Å². The Morgan fingerprint density at radius 2 is 2.20 bits per heavy atom. The Hall–Kier alpha value is -0.610. The molecule has 1 N–H and O–H groups in total. The highest BCUT2D eigenvalue weighted by Gasteiger charge is 2.32. The van der Waals surface area contributed by atoms with E-state index < -0.39 is 10.2 Å². The molecule has 1 fully saturated rings. The molecule has 1 unspecified atom stereocenters. The summed E-state index contributed by atoms with van der Waals surface area (Å²) in [6.45, 7) is 7.67. The van der Waals surface area contributed by atoms with Crippen LogP contribution in [0.25, 0.3) is 0 Å². The fraction of sp³-hybridized carbons (Fsp3) is 0.857. The molecule has 0 aromatic heterocycles. The lowest BCUT2D eigenvalue weighted by Crippen LogP contribution is -2.49. The van der Waals surface area contributed by atoms with Gasteiger partial charge in [-0.3, -0.25) is 0 Å². The Morgan fingerprint density at radius 3 is 2.80 bits per heavy atom. The molecule has 0 amide bonds. The van der Waals surface area contributed by atoms with Gasteiger partial charge in [0.1, 0.15) is 0 Å². The summed E-state index contributed by atoms with van der Waals surface area (Å²) >= 11 is 0. The minimum absolute atomic E-state index is 0.157. The summed E-state index contributed by atoms with van der Waals surface area (Å²) < 4.78 is 28.3. The van der Waals surface area contributed by atoms with Gasteiger partial charge in [0.2, 0.25) is 0 Å². The van der Waals surface area contributed by atoms with Crippen molar-refractivity contribution in [2.75, 3.05) is 39.3 Å². The summed E-state index contributed by atoms with van der Waals surface area (Å²) in [7, 11) is -3.41. The number of terminal acetylenes is 1. The van der Waals surface area contributed by atoms with E-state index in [-0.39, 0.29) is 6.54 Å². The highest BCUT2D eigenvalue weighted by molar-refractivity contribution is 7.86. The average molecular weight is 301 g/mol. The van der Waals surface area contributed by atoms with Gasteiger partial charge in [0.15, 0.2) is 0 Å². The van der Waals surface area contributed by atoms with E-state index >= 15 is 0 Å². The molecule has 0 spiro atoms. The molecule has 0 aromatic rings. The maximum Gasteiger partial charge on any atom is 0.282 e. The number of nitrogens with zero attached hydrogens (tertiary/aromatic N) is 2. The highest BCUT2D eigenvalue weighted by atomic mass is 32.2. The standard InChI is InChI=1S/C14H27N3O2S/c1-4-9-16(10-5-2)20(18,19)17-11-7-8-14(13-17)12-15-6-3/h1,14-15H,5-13H2,2-3H3. The van der Waals surface area contributed by atoms with Crippen molar-refractivity contribution in [3.8, 4) is 12.3 Å². The first-order valence-electron chi connectivity index (χ1n) is 7.45. The zero-order valence-corrected chi connectivity index (χ0v) is 13.5. The third-order valence-electron chi connectivity index (χ3n) is 3.56. The second-order valence-electron chi connectivity index (χ2n) is 5.22. The number of hydrogen-bond donors (Lipinski definition) is 1. The fourth-order valence-corrected chi connectivity index (χ4v) is 4.28. The maximum absolute atomic E-state index is 12.6. The monoisotopic (exact) mass is 301 g/mol. The lowest BCUT2D eigenvalue weighted by molar-refractivity contribution is 0.245. The molecule has 1 rings (SSSR count). The van der Waals surface area contributed by atoms with Crippen molar-refractivity contribution < 1.29 is 8.42 Å². The molecule has 1 saturated heterocycles. The second-order valence-corrected chi connectivity index (χ2v) is 7.15. The van der Waals surface area contributed by atoms with Crippen LogP contribution >= 0.6 is 0 Å². The first kappa shape index (κ1) is 17.4. The van der Waals surface area contributed by atoms with Crippen molar-refractivity contribution in [1.82, 2.24) is 13.9 Å². The summed E-state index contributed by atoms with van der Waals surface area (Å²) in [6, 6.07) is 0. The summed E-state index contributed by atoms with van der Waals surface area (Å²) in [6.07, 6.45) is 8.07. The first-order chi connectivity index (χ1) is 9.56. The van der Waals surface area contributed by atoms with Crippen molar-refractivity contribution in [3.63, 3.8) is 0 Å². The summed E-state index contributed by atoms with van der Waals surface area (Å²) in [5.74, 6) is 2.85. The van der Waals surface area contributed by atoms with Crippen LogP contribution in [-0.4, -0.2) is 56.3 Å². The van der Waals surface area contributed by atoms with Gasteiger partial charge in [0.05, 0.1) is 6.54 Å². The third kappa shape index (κ3) is 4.74. The zero-order chi connectivity index (χ0) is 15.0. The van der Waals surface area contributed by atoms with E-state index in [1.807, 2.05) is 6.92 Å². The third-order valence-corrected chi connectivity index (χ3v) is 5.51. The molecule has 20 heavy (non-hydrogen) atoms. The molecule has 1 heterocycles. The minimum Gasteiger partial charge on any atom is -0.317 e. The SMILES string of the molecule is C#CCN(CCC)S(=O)(=O)N1CCCC(CNCC)C1. The largest absolute Gasteiger partial charge is 0.317 e. The van der Waals surface area contributed by atoms with Crippen LogP contribution in [0.1, 0.15) is 33.1 Å². The van der Waals surface area contributed by atoms with Crippen LogP contribution in [0.3, 0.4) is 0 Å². The Balaban J connectivity index is 2.72. The molecule has 1 aliphatic rings. The molecule has 0 radical (unpaired) electrons. The van der Waals surface area contributed by atoms with E-state index in [1.165, 1.54) is 4.31 Å². The van der Waals surface area contributed by atoms with E-state index in [1.54, 1.807) is 4.31 Å². The van der Waals surface area contributed by atoms with Crippen molar-refractivity contribution in [1.29, 1.82) is 0 Å². The van der Waals surface area contributed by atoms with Gasteiger partial charge in [-0.2, -0.15) is 17.0 Å². The van der Waals surface area contributed by atoms with Crippen LogP contribution in [0.15, 0.2) is 0 Å². The number of hydrogen-bond acceptors (Lipinski definition) is 3. The van der Waals surface area contributed by atoms with Gasteiger partial charge in [0, 0.05) is 19.6 Å². The Morgan fingerprint density at radius 1 is 1.45 bits per heavy atom. The van der Waals surface area contributed by atoms with Crippen LogP contribution in [0.2, 0.25) is 0 Å². The van der Waals surface area contributed by atoms with Gasteiger partial charge in [-0.25, -0.2) is 0 Å². The van der Waals surface area contributed by atoms with Gasteiger partial charge >= 0.3 is 0 Å². The molecule has 0 aliphatic carbocycles. The number of nitrogens with one attached hydrogen (secondary N) is 1. The normalized spacial score (nSPS) is 21.0. The highest BCUT2D eigenvalue weighted by Crippen LogP contribution is 2.20. The molecular weight excluding hydrogens is 274 g/mol. The van der Waals surface area contributed by atoms with Crippen LogP contribution < -0.4 is 5.32 Å². The predicted octanol–water partition coefficient (Wildman–Crippen LogP) is 0.898. The lowest BCUT2D eigenvalue weighted by Gasteiger charge is -2.35. The van der Waals surface area contributed by atoms with E-state index in [4.69, 9.17) is 6.42 Å². The van der Waals surface area contributed by atoms with E-state index in [9.17, 15) is 8.42 Å². The van der Waals surface area contributed by atoms with Crippen molar-refractivity contribution in [3.05, 3.63) is 0 Å². The van der Waals surface area contributed by atoms with Crippen LogP contribution in [0.4, 0.5) is 0 Å². The number of piperidine rings is 1. The average Bonchev–Trinajstić information content (AvgIpc) is 2.45. The van der Waals surface area contributed by atoms with Gasteiger partial charge in [0.25, 0.3) is 10.2 Å². The maximum atomic E-state index is 12.6. The van der Waals surface area contributed by atoms with Crippen molar-refractivity contribution >= 4 is 10.2 Å². The van der Waals surface area contributed by atoms with Gasteiger partial charge < -0.3 is 5.32 Å². The first-order valence-corrected chi connectivity index (χ1v) is 8.85. The molecule has 1 aliphatic heterocycles. The van der Waals surface area contributed by atoms with Gasteiger partial charge in [-0.1, -0.05) is 19.8 Å². The zero-order valence-electron chi connectivity index (χ0n) is 12.6. The molecular formula is C14H27N3O2S. The second kappa shape index (κ2) is 8.63. The van der Waals surface area contributed by atoms with Crippen LogP contribution in [0.5, 0.6) is 0 Å². The van der Waals surface area contributed by atoms with E-state index in [2.05, 4.69) is 18.2 Å². The molecule has 116 valence electrons.